The standard InChI is InChI=1S/C17H26N4O2/c1-17(2,3)11-4-6-12(7-5-11)21-16(23)14-8-13(10-19-14)20-15(22)9-18/h4-7,13-14,19H,8-10,18H2,1-3H3,(H,20,22)(H,21,23)/t13-,14+/m1/s1. The highest BCUT2D eigenvalue weighted by Crippen LogP contribution is 2.23. The number of amides is 2. The Balaban J connectivity index is 1.89. The summed E-state index contributed by atoms with van der Waals surface area (Å²) in [5.41, 5.74) is 7.36. The largest absolute Gasteiger partial charge is 0.351 e. The van der Waals surface area contributed by atoms with E-state index < -0.39 is 0 Å². The van der Waals surface area contributed by atoms with Crippen LogP contribution in [0.25, 0.3) is 0 Å². The molecule has 0 unspecified atom stereocenters. The molecule has 1 aromatic carbocycles. The van der Waals surface area contributed by atoms with Crippen LogP contribution in [0, 0.1) is 0 Å². The highest BCUT2D eigenvalue weighted by molar-refractivity contribution is 5.95. The number of carbonyl (C=O) groups excluding carboxylic acids is 2. The zero-order valence-electron chi connectivity index (χ0n) is 14.0. The van der Waals surface area contributed by atoms with Gasteiger partial charge in [0.25, 0.3) is 0 Å². The molecular formula is C17H26N4O2. The normalized spacial score (nSPS) is 21.0. The fourth-order valence-corrected chi connectivity index (χ4v) is 2.61. The van der Waals surface area contributed by atoms with E-state index in [1.165, 1.54) is 5.56 Å². The average molecular weight is 318 g/mol. The second kappa shape index (κ2) is 7.10. The van der Waals surface area contributed by atoms with Gasteiger partial charge in [-0.05, 0) is 29.5 Å². The molecule has 126 valence electrons. The first kappa shape index (κ1) is 17.4. The predicted octanol–water partition coefficient (Wildman–Crippen LogP) is 0.728. The Bertz CT molecular complexity index is 563. The molecule has 0 saturated carbocycles. The molecule has 23 heavy (non-hydrogen) atoms. The van der Waals surface area contributed by atoms with Crippen LogP contribution in [0.2, 0.25) is 0 Å². The van der Waals surface area contributed by atoms with Crippen LogP contribution in [0.1, 0.15) is 32.8 Å². The van der Waals surface area contributed by atoms with E-state index in [9.17, 15) is 9.59 Å². The van der Waals surface area contributed by atoms with Gasteiger partial charge >= 0.3 is 0 Å². The molecular weight excluding hydrogens is 292 g/mol. The highest BCUT2D eigenvalue weighted by Gasteiger charge is 2.30. The van der Waals surface area contributed by atoms with E-state index in [1.807, 2.05) is 24.3 Å². The molecule has 5 N–H and O–H groups in total. The Hall–Kier alpha value is -1.92. The molecule has 6 heteroatoms. The molecule has 1 fully saturated rings. The maximum Gasteiger partial charge on any atom is 0.241 e. The van der Waals surface area contributed by atoms with Crippen molar-refractivity contribution in [2.45, 2.75) is 44.7 Å². The van der Waals surface area contributed by atoms with Gasteiger partial charge in [0.05, 0.1) is 12.6 Å². The van der Waals surface area contributed by atoms with Crippen molar-refractivity contribution in [3.05, 3.63) is 29.8 Å². The molecule has 1 aromatic rings. The lowest BCUT2D eigenvalue weighted by Crippen LogP contribution is -2.39. The van der Waals surface area contributed by atoms with E-state index in [0.29, 0.717) is 13.0 Å². The fraction of sp³-hybridized carbons (Fsp3) is 0.529. The second-order valence-corrected chi connectivity index (χ2v) is 6.98. The highest BCUT2D eigenvalue weighted by atomic mass is 16.2. The lowest BCUT2D eigenvalue weighted by molar-refractivity contribution is -0.121. The third kappa shape index (κ3) is 4.77. The molecule has 0 bridgehead atoms. The molecule has 0 spiro atoms. The lowest BCUT2D eigenvalue weighted by Gasteiger charge is -2.19. The SMILES string of the molecule is CC(C)(C)c1ccc(NC(=O)[C@@H]2C[C@@H](NC(=O)CN)CN2)cc1. The quantitative estimate of drug-likeness (QED) is 0.658. The monoisotopic (exact) mass is 318 g/mol. The number of hydrogen-bond donors (Lipinski definition) is 4. The summed E-state index contributed by atoms with van der Waals surface area (Å²) in [6.07, 6.45) is 0.567. The molecule has 0 aliphatic carbocycles. The lowest BCUT2D eigenvalue weighted by atomic mass is 9.87. The number of nitrogens with one attached hydrogen (secondary N) is 3. The third-order valence-electron chi connectivity index (χ3n) is 4.02. The molecule has 0 aromatic heterocycles. The predicted molar refractivity (Wildman–Crippen MR) is 91.2 cm³/mol. The first-order valence-electron chi connectivity index (χ1n) is 7.94. The summed E-state index contributed by atoms with van der Waals surface area (Å²) in [5.74, 6) is -0.284. The van der Waals surface area contributed by atoms with Crippen molar-refractivity contribution in [2.24, 2.45) is 5.73 Å². The smallest absolute Gasteiger partial charge is 0.241 e. The molecule has 0 radical (unpaired) electrons. The minimum Gasteiger partial charge on any atom is -0.351 e. The van der Waals surface area contributed by atoms with Gasteiger partial charge < -0.3 is 21.7 Å². The van der Waals surface area contributed by atoms with Gasteiger partial charge in [-0.3, -0.25) is 9.59 Å². The molecule has 1 heterocycles. The summed E-state index contributed by atoms with van der Waals surface area (Å²) in [5, 5.41) is 8.83. The summed E-state index contributed by atoms with van der Waals surface area (Å²) in [6, 6.07) is 7.54. The summed E-state index contributed by atoms with van der Waals surface area (Å²) >= 11 is 0. The topological polar surface area (TPSA) is 96.2 Å². The van der Waals surface area contributed by atoms with Gasteiger partial charge in [-0.25, -0.2) is 0 Å². The van der Waals surface area contributed by atoms with E-state index in [-0.39, 0.29) is 35.9 Å². The summed E-state index contributed by atoms with van der Waals surface area (Å²) < 4.78 is 0. The van der Waals surface area contributed by atoms with Crippen molar-refractivity contribution in [1.29, 1.82) is 0 Å². The fourth-order valence-electron chi connectivity index (χ4n) is 2.61. The van der Waals surface area contributed by atoms with Gasteiger partial charge in [-0.1, -0.05) is 32.9 Å². The van der Waals surface area contributed by atoms with Gasteiger partial charge in [-0.15, -0.1) is 0 Å². The molecule has 2 rings (SSSR count). The Morgan fingerprint density at radius 3 is 2.48 bits per heavy atom. The van der Waals surface area contributed by atoms with Crippen LogP contribution in [-0.2, 0) is 15.0 Å². The van der Waals surface area contributed by atoms with Gasteiger partial charge in [0.1, 0.15) is 0 Å². The molecule has 2 atom stereocenters. The Labute approximate surface area is 137 Å². The molecule has 1 saturated heterocycles. The van der Waals surface area contributed by atoms with Gasteiger partial charge in [0, 0.05) is 18.3 Å². The van der Waals surface area contributed by atoms with Gasteiger partial charge in [-0.2, -0.15) is 0 Å². The van der Waals surface area contributed by atoms with Crippen LogP contribution in [0.15, 0.2) is 24.3 Å². The molecule has 2 amide bonds. The van der Waals surface area contributed by atoms with Crippen molar-refractivity contribution in [2.75, 3.05) is 18.4 Å². The van der Waals surface area contributed by atoms with Crippen LogP contribution in [0.4, 0.5) is 5.69 Å². The van der Waals surface area contributed by atoms with Crippen LogP contribution in [0.5, 0.6) is 0 Å². The Kier molecular flexibility index (Phi) is 5.38. The van der Waals surface area contributed by atoms with Crippen LogP contribution in [-0.4, -0.2) is 37.0 Å². The van der Waals surface area contributed by atoms with Crippen molar-refractivity contribution in [3.8, 4) is 0 Å². The first-order chi connectivity index (χ1) is 10.8. The maximum atomic E-state index is 12.3. The zero-order chi connectivity index (χ0) is 17.0. The Morgan fingerprint density at radius 2 is 1.91 bits per heavy atom. The summed E-state index contributed by atoms with van der Waals surface area (Å²) in [7, 11) is 0. The number of benzene rings is 1. The number of nitrogens with two attached hydrogens (primary N) is 1. The second-order valence-electron chi connectivity index (χ2n) is 6.98. The van der Waals surface area contributed by atoms with E-state index >= 15 is 0 Å². The van der Waals surface area contributed by atoms with Crippen LogP contribution < -0.4 is 21.7 Å². The summed E-state index contributed by atoms with van der Waals surface area (Å²) in [4.78, 5) is 23.6. The van der Waals surface area contributed by atoms with E-state index in [2.05, 4.69) is 36.7 Å². The van der Waals surface area contributed by atoms with Crippen molar-refractivity contribution in [3.63, 3.8) is 0 Å². The van der Waals surface area contributed by atoms with E-state index in [4.69, 9.17) is 5.73 Å². The first-order valence-corrected chi connectivity index (χ1v) is 7.94. The van der Waals surface area contributed by atoms with Gasteiger partial charge in [0.2, 0.25) is 11.8 Å². The number of anilines is 1. The van der Waals surface area contributed by atoms with E-state index in [1.54, 1.807) is 0 Å². The average Bonchev–Trinajstić information content (AvgIpc) is 2.95. The van der Waals surface area contributed by atoms with Crippen LogP contribution >= 0.6 is 0 Å². The minimum absolute atomic E-state index is 0.0342. The van der Waals surface area contributed by atoms with Crippen molar-refractivity contribution >= 4 is 17.5 Å². The van der Waals surface area contributed by atoms with Crippen LogP contribution in [0.3, 0.4) is 0 Å². The molecule has 6 nitrogen and oxygen atoms in total. The van der Waals surface area contributed by atoms with E-state index in [0.717, 1.165) is 5.69 Å². The number of rotatable bonds is 4. The van der Waals surface area contributed by atoms with Crippen molar-refractivity contribution in [1.82, 2.24) is 10.6 Å². The maximum absolute atomic E-state index is 12.3. The van der Waals surface area contributed by atoms with Gasteiger partial charge in [0.15, 0.2) is 0 Å². The minimum atomic E-state index is -0.305. The number of hydrogen-bond acceptors (Lipinski definition) is 4. The molecule has 1 aliphatic rings. The Morgan fingerprint density at radius 1 is 1.26 bits per heavy atom. The number of carbonyl (C=O) groups is 2. The molecule has 1 aliphatic heterocycles. The zero-order valence-corrected chi connectivity index (χ0v) is 14.0. The third-order valence-corrected chi connectivity index (χ3v) is 4.02. The van der Waals surface area contributed by atoms with Crippen molar-refractivity contribution < 1.29 is 9.59 Å². The summed E-state index contributed by atoms with van der Waals surface area (Å²) in [6.45, 7) is 7.00.